The molecular weight excluding hydrogens is 1590 g/mol. The van der Waals surface area contributed by atoms with Crippen molar-refractivity contribution >= 4 is 131 Å². The summed E-state index contributed by atoms with van der Waals surface area (Å²) in [4.78, 5) is 4.84. The minimum absolute atomic E-state index is 0.506. The van der Waals surface area contributed by atoms with Crippen LogP contribution in [0.15, 0.2) is 502 Å². The van der Waals surface area contributed by atoms with E-state index in [1.807, 2.05) is 23.5 Å². The summed E-state index contributed by atoms with van der Waals surface area (Å²) in [6.45, 7) is 0. The normalized spacial score (nSPS) is 12.7. The van der Waals surface area contributed by atoms with Crippen molar-refractivity contribution < 1.29 is 4.42 Å². The van der Waals surface area contributed by atoms with Crippen LogP contribution in [0.1, 0.15) is 44.5 Å². The van der Waals surface area contributed by atoms with Gasteiger partial charge in [0.05, 0.1) is 10.8 Å². The van der Waals surface area contributed by atoms with Crippen LogP contribution in [0.25, 0.3) is 152 Å². The van der Waals surface area contributed by atoms with Crippen LogP contribution in [-0.4, -0.2) is 0 Å². The number of hydrogen-bond acceptors (Lipinski definition) is 4. The van der Waals surface area contributed by atoms with Crippen LogP contribution < -0.4 is 9.80 Å². The SMILES string of the molecule is c1ccc(C2(c3ccccc3)c3ccccc3-c3ccc(N(c4ccc(-c5ccc6c(ccc7ccccc76)c5)cc4)c4ccc(-c5cccc6c5oc5ccccc56)cc4)cc32)cc1.c1ccc(C2(c3ccccc3)c3ccccc3-c3ccc(N(c4ccc(-c5ccc6c(ccc7ccccc76)c5)cc4)c4ccc(-c5cccc6c5sc5ccccc56)cc4)cc32)cc1. The summed E-state index contributed by atoms with van der Waals surface area (Å²) in [6, 6.07) is 183. The summed E-state index contributed by atoms with van der Waals surface area (Å²) in [5, 5.41) is 15.0. The van der Waals surface area contributed by atoms with Gasteiger partial charge in [0.25, 0.3) is 0 Å². The van der Waals surface area contributed by atoms with E-state index in [2.05, 4.69) is 495 Å². The predicted molar refractivity (Wildman–Crippen MR) is 549 cm³/mol. The Labute approximate surface area is 758 Å². The molecule has 2 aliphatic carbocycles. The average molecular weight is 1670 g/mol. The highest BCUT2D eigenvalue weighted by Crippen LogP contribution is 2.60. The second-order valence-electron chi connectivity index (χ2n) is 34.4. The Kier molecular flexibility index (Phi) is 18.3. The van der Waals surface area contributed by atoms with Crippen LogP contribution in [-0.2, 0) is 10.8 Å². The van der Waals surface area contributed by atoms with E-state index in [4.69, 9.17) is 4.42 Å². The van der Waals surface area contributed by atoms with E-state index in [9.17, 15) is 0 Å². The number of para-hydroxylation sites is 2. The molecule has 4 heteroatoms. The molecule has 0 saturated heterocycles. The van der Waals surface area contributed by atoms with E-state index >= 15 is 0 Å². The maximum atomic E-state index is 6.50. The zero-order chi connectivity index (χ0) is 85.8. The monoisotopic (exact) mass is 1670 g/mol. The summed E-state index contributed by atoms with van der Waals surface area (Å²) in [5.74, 6) is 0. The van der Waals surface area contributed by atoms with E-state index in [0.717, 1.165) is 67.2 Å². The highest BCUT2D eigenvalue weighted by atomic mass is 32.1. The van der Waals surface area contributed by atoms with Crippen molar-refractivity contribution in [3.8, 4) is 66.8 Å². The van der Waals surface area contributed by atoms with E-state index in [1.54, 1.807) is 0 Å². The lowest BCUT2D eigenvalue weighted by atomic mass is 9.67. The summed E-state index contributed by atoms with van der Waals surface area (Å²) in [7, 11) is 0. The number of fused-ring (bicyclic) bond motifs is 18. The zero-order valence-corrected chi connectivity index (χ0v) is 71.9. The van der Waals surface area contributed by atoms with Gasteiger partial charge in [-0.1, -0.05) is 400 Å². The summed E-state index contributed by atoms with van der Waals surface area (Å²) in [6.07, 6.45) is 0. The lowest BCUT2D eigenvalue weighted by Gasteiger charge is -2.35. The Morgan fingerprint density at radius 3 is 0.992 bits per heavy atom. The highest BCUT2D eigenvalue weighted by Gasteiger charge is 2.48. The number of rotatable bonds is 14. The maximum absolute atomic E-state index is 6.50. The van der Waals surface area contributed by atoms with E-state index in [0.29, 0.717) is 0 Å². The van der Waals surface area contributed by atoms with Crippen molar-refractivity contribution in [2.45, 2.75) is 10.8 Å². The number of benzene rings is 22. The quantitative estimate of drug-likeness (QED) is 0.101. The third-order valence-electron chi connectivity index (χ3n) is 27.5. The number of anilines is 6. The molecule has 0 bridgehead atoms. The van der Waals surface area contributed by atoms with Gasteiger partial charge in [-0.05, 0) is 246 Å². The van der Waals surface area contributed by atoms with E-state index in [1.165, 1.54) is 163 Å². The molecule has 0 fully saturated rings. The molecular formula is C126H82N2OS. The van der Waals surface area contributed by atoms with Crippen LogP contribution >= 0.6 is 11.3 Å². The minimum Gasteiger partial charge on any atom is -0.455 e. The number of nitrogens with zero attached hydrogens (tertiary/aromatic N) is 2. The van der Waals surface area contributed by atoms with E-state index < -0.39 is 10.8 Å². The third-order valence-corrected chi connectivity index (χ3v) is 28.7. The fourth-order valence-electron chi connectivity index (χ4n) is 21.6. The average Bonchev–Trinajstić information content (AvgIpc) is 1.53. The highest BCUT2D eigenvalue weighted by molar-refractivity contribution is 7.26. The van der Waals surface area contributed by atoms with Gasteiger partial charge >= 0.3 is 0 Å². The number of hydrogen-bond donors (Lipinski definition) is 0. The molecule has 0 N–H and O–H groups in total. The largest absolute Gasteiger partial charge is 0.455 e. The summed E-state index contributed by atoms with van der Waals surface area (Å²) >= 11 is 1.88. The summed E-state index contributed by atoms with van der Waals surface area (Å²) in [5.41, 5.74) is 32.0. The molecule has 22 aromatic carbocycles. The second kappa shape index (κ2) is 31.3. The Morgan fingerprint density at radius 2 is 0.515 bits per heavy atom. The molecule has 0 aliphatic heterocycles. The maximum Gasteiger partial charge on any atom is 0.143 e. The van der Waals surface area contributed by atoms with Crippen LogP contribution in [0, 0.1) is 0 Å². The molecule has 0 spiro atoms. The Balaban J connectivity index is 0.000000140. The first kappa shape index (κ1) is 76.0. The van der Waals surface area contributed by atoms with Crippen molar-refractivity contribution in [1.82, 2.24) is 0 Å². The molecule has 24 aromatic rings. The van der Waals surface area contributed by atoms with Crippen molar-refractivity contribution in [3.63, 3.8) is 0 Å². The van der Waals surface area contributed by atoms with Gasteiger partial charge in [-0.15, -0.1) is 11.3 Å². The molecule has 0 atom stereocenters. The molecule has 0 amide bonds. The molecule has 0 saturated carbocycles. The molecule has 2 heterocycles. The van der Waals surface area contributed by atoms with Crippen LogP contribution in [0.5, 0.6) is 0 Å². The first-order valence-corrected chi connectivity index (χ1v) is 45.6. The molecule has 0 radical (unpaired) electrons. The Morgan fingerprint density at radius 1 is 0.185 bits per heavy atom. The molecule has 3 nitrogen and oxygen atoms in total. The van der Waals surface area contributed by atoms with Gasteiger partial charge in [0.1, 0.15) is 11.2 Å². The van der Waals surface area contributed by atoms with Crippen molar-refractivity contribution in [2.24, 2.45) is 0 Å². The van der Waals surface area contributed by atoms with Crippen LogP contribution in [0.4, 0.5) is 34.1 Å². The zero-order valence-electron chi connectivity index (χ0n) is 71.1. The topological polar surface area (TPSA) is 19.6 Å². The van der Waals surface area contributed by atoms with Crippen LogP contribution in [0.3, 0.4) is 0 Å². The van der Waals surface area contributed by atoms with E-state index in [-0.39, 0.29) is 0 Å². The lowest BCUT2D eigenvalue weighted by Crippen LogP contribution is -2.28. The van der Waals surface area contributed by atoms with Gasteiger partial charge in [-0.25, -0.2) is 0 Å². The smallest absolute Gasteiger partial charge is 0.143 e. The Hall–Kier alpha value is -16.5. The lowest BCUT2D eigenvalue weighted by molar-refractivity contribution is 0.670. The standard InChI is InChI=1S/C63H41NO.C63H41NS/c2*1-3-15-47(16-4-1)63(48-17-5-2-6-18-48)59-24-11-9-20-55(59)56-39-37-51(41-60(56)63)64(50-35-30-44(31-36-50)54-22-13-23-58-57-21-10-12-25-61(57)65-62(54)58)49-33-28-42(29-34-49)45-32-38-53-46(40-45)27-26-43-14-7-8-19-52(43)53/h2*1-41H. The Bertz CT molecular complexity index is 7930. The molecule has 608 valence electrons. The predicted octanol–water partition coefficient (Wildman–Crippen LogP) is 34.6. The van der Waals surface area contributed by atoms with Gasteiger partial charge in [0.2, 0.25) is 0 Å². The van der Waals surface area contributed by atoms with Gasteiger partial charge in [-0.3, -0.25) is 0 Å². The third kappa shape index (κ3) is 12.4. The minimum atomic E-state index is -0.517. The fraction of sp³-hybridized carbons (Fsp3) is 0.0159. The first-order valence-electron chi connectivity index (χ1n) is 44.8. The van der Waals surface area contributed by atoms with Crippen molar-refractivity contribution in [2.75, 3.05) is 9.80 Å². The number of thiophene rings is 1. The summed E-state index contributed by atoms with van der Waals surface area (Å²) < 4.78 is 9.14. The molecule has 26 rings (SSSR count). The number of furan rings is 1. The van der Waals surface area contributed by atoms with Crippen molar-refractivity contribution in [1.29, 1.82) is 0 Å². The van der Waals surface area contributed by atoms with Gasteiger partial charge in [0.15, 0.2) is 0 Å². The molecule has 0 unspecified atom stereocenters. The fourth-order valence-corrected chi connectivity index (χ4v) is 22.8. The van der Waals surface area contributed by atoms with Crippen LogP contribution in [0.2, 0.25) is 0 Å². The van der Waals surface area contributed by atoms with Gasteiger partial charge < -0.3 is 14.2 Å². The van der Waals surface area contributed by atoms with Gasteiger partial charge in [0, 0.05) is 70.6 Å². The first-order chi connectivity index (χ1) is 64.4. The molecule has 130 heavy (non-hydrogen) atoms. The molecule has 2 aromatic heterocycles. The van der Waals surface area contributed by atoms with Gasteiger partial charge in [-0.2, -0.15) is 0 Å². The molecule has 2 aliphatic rings. The van der Waals surface area contributed by atoms with Crippen molar-refractivity contribution in [3.05, 3.63) is 542 Å². The second-order valence-corrected chi connectivity index (χ2v) is 35.4.